The van der Waals surface area contributed by atoms with Crippen molar-refractivity contribution in [3.8, 4) is 6.07 Å². The first-order chi connectivity index (χ1) is 11.7. The fourth-order valence-corrected chi connectivity index (χ4v) is 3.30. The van der Waals surface area contributed by atoms with Gasteiger partial charge in [-0.1, -0.05) is 0 Å². The quantitative estimate of drug-likeness (QED) is 0.530. The summed E-state index contributed by atoms with van der Waals surface area (Å²) in [6, 6.07) is 10.6. The molecule has 0 bridgehead atoms. The molecule has 1 atom stereocenters. The molecule has 1 aromatic carbocycles. The molecule has 24 heavy (non-hydrogen) atoms. The van der Waals surface area contributed by atoms with Crippen LogP contribution in [-0.2, 0) is 17.5 Å². The van der Waals surface area contributed by atoms with E-state index in [9.17, 15) is 4.21 Å². The van der Waals surface area contributed by atoms with Crippen LogP contribution in [0.15, 0.2) is 47.6 Å². The van der Waals surface area contributed by atoms with Gasteiger partial charge in [0.1, 0.15) is 28.0 Å². The van der Waals surface area contributed by atoms with Crippen LogP contribution in [0, 0.1) is 11.3 Å². The normalized spacial score (nSPS) is 12.5. The van der Waals surface area contributed by atoms with Crippen molar-refractivity contribution in [2.75, 3.05) is 0 Å². The first kappa shape index (κ1) is 14.6. The highest BCUT2D eigenvalue weighted by Gasteiger charge is 2.10. The van der Waals surface area contributed by atoms with Gasteiger partial charge in [-0.25, -0.2) is 18.9 Å². The van der Waals surface area contributed by atoms with Gasteiger partial charge in [0.05, 0.1) is 34.8 Å². The topological polar surface area (TPSA) is 110 Å². The van der Waals surface area contributed by atoms with Crippen molar-refractivity contribution in [3.05, 3.63) is 54.1 Å². The molecule has 3 aromatic heterocycles. The zero-order valence-electron chi connectivity index (χ0n) is 12.4. The summed E-state index contributed by atoms with van der Waals surface area (Å²) in [4.78, 5) is 15.7. The van der Waals surface area contributed by atoms with Crippen molar-refractivity contribution in [3.63, 3.8) is 0 Å². The zero-order valence-corrected chi connectivity index (χ0v) is 13.2. The van der Waals surface area contributed by atoms with Crippen LogP contribution in [-0.4, -0.2) is 24.1 Å². The predicted molar refractivity (Wildman–Crippen MR) is 90.2 cm³/mol. The Hall–Kier alpha value is -3.02. The van der Waals surface area contributed by atoms with E-state index < -0.39 is 11.0 Å². The molecular formula is C16H12N6OS. The van der Waals surface area contributed by atoms with E-state index in [1.807, 2.05) is 18.3 Å². The number of hydrogen-bond acceptors (Lipinski definition) is 4. The van der Waals surface area contributed by atoms with Gasteiger partial charge in [-0.05, 0) is 30.3 Å². The van der Waals surface area contributed by atoms with Gasteiger partial charge in [-0.3, -0.25) is 0 Å². The van der Waals surface area contributed by atoms with Crippen LogP contribution in [0.4, 0.5) is 0 Å². The number of nitrogens with zero attached hydrogens (tertiary/aromatic N) is 3. The second-order valence-electron chi connectivity index (χ2n) is 5.17. The minimum Gasteiger partial charge on any atom is -0.346 e. The number of pyridine rings is 1. The lowest BCUT2D eigenvalue weighted by molar-refractivity contribution is 0.670. The molecule has 4 aromatic rings. The number of nitrogens with one attached hydrogen (secondary N) is 3. The predicted octanol–water partition coefficient (Wildman–Crippen LogP) is 2.12. The largest absolute Gasteiger partial charge is 0.346 e. The maximum absolute atomic E-state index is 12.3. The first-order valence-corrected chi connectivity index (χ1v) is 8.36. The van der Waals surface area contributed by atoms with Crippen molar-refractivity contribution in [1.82, 2.24) is 24.7 Å². The zero-order chi connectivity index (χ0) is 16.5. The number of rotatable bonds is 4. The molecule has 8 heteroatoms. The third kappa shape index (κ3) is 2.56. The third-order valence-electron chi connectivity index (χ3n) is 3.65. The molecule has 0 aliphatic heterocycles. The molecule has 118 valence electrons. The number of hydrogen-bond donors (Lipinski definition) is 3. The molecule has 0 saturated carbocycles. The standard InChI is InChI=1S/C16H12N6OS/c17-7-10-1-3-11(4-2-10)24(23)20-9-14-21-13-8-19-16-12(5-6-18-16)15(13)22-14/h1-6,8,20H,9H2,(H,18,19)(H,21,22). The SMILES string of the molecule is N#Cc1ccc(S(=O)NCc2nc3c(cnc4[nH]ccc43)[nH]2)cc1. The molecule has 0 spiro atoms. The van der Waals surface area contributed by atoms with Crippen LogP contribution in [0.5, 0.6) is 0 Å². The van der Waals surface area contributed by atoms with E-state index in [0.29, 0.717) is 22.8 Å². The van der Waals surface area contributed by atoms with Crippen molar-refractivity contribution < 1.29 is 4.21 Å². The van der Waals surface area contributed by atoms with Crippen molar-refractivity contribution in [2.45, 2.75) is 11.4 Å². The summed E-state index contributed by atoms with van der Waals surface area (Å²) < 4.78 is 15.2. The molecule has 3 heterocycles. The summed E-state index contributed by atoms with van der Waals surface area (Å²) in [5.74, 6) is 0.683. The van der Waals surface area contributed by atoms with Crippen LogP contribution < -0.4 is 4.72 Å². The average Bonchev–Trinajstić information content (AvgIpc) is 3.25. The van der Waals surface area contributed by atoms with Crippen LogP contribution in [0.25, 0.3) is 22.1 Å². The summed E-state index contributed by atoms with van der Waals surface area (Å²) >= 11 is 0. The number of aromatic nitrogens is 4. The molecule has 0 fully saturated rings. The molecule has 4 rings (SSSR count). The number of imidazole rings is 1. The Morgan fingerprint density at radius 1 is 1.25 bits per heavy atom. The molecule has 7 nitrogen and oxygen atoms in total. The van der Waals surface area contributed by atoms with E-state index in [1.54, 1.807) is 30.5 Å². The molecule has 0 radical (unpaired) electrons. The highest BCUT2D eigenvalue weighted by Crippen LogP contribution is 2.20. The van der Waals surface area contributed by atoms with E-state index in [4.69, 9.17) is 5.26 Å². The Morgan fingerprint density at radius 3 is 2.88 bits per heavy atom. The van der Waals surface area contributed by atoms with Crippen LogP contribution in [0.2, 0.25) is 0 Å². The van der Waals surface area contributed by atoms with E-state index in [1.165, 1.54) is 0 Å². The van der Waals surface area contributed by atoms with Crippen molar-refractivity contribution >= 4 is 33.1 Å². The summed E-state index contributed by atoms with van der Waals surface area (Å²) in [5.41, 5.74) is 3.00. The van der Waals surface area contributed by atoms with Gasteiger partial charge in [0.25, 0.3) is 0 Å². The van der Waals surface area contributed by atoms with Crippen LogP contribution >= 0.6 is 0 Å². The molecule has 3 N–H and O–H groups in total. The Bertz CT molecular complexity index is 1090. The van der Waals surface area contributed by atoms with Gasteiger partial charge in [-0.2, -0.15) is 5.26 Å². The van der Waals surface area contributed by atoms with Gasteiger partial charge in [-0.15, -0.1) is 0 Å². The van der Waals surface area contributed by atoms with Crippen LogP contribution in [0.1, 0.15) is 11.4 Å². The average molecular weight is 336 g/mol. The Kier molecular flexibility index (Phi) is 3.57. The van der Waals surface area contributed by atoms with E-state index >= 15 is 0 Å². The van der Waals surface area contributed by atoms with Crippen molar-refractivity contribution in [1.29, 1.82) is 5.26 Å². The maximum atomic E-state index is 12.3. The number of aromatic amines is 2. The lowest BCUT2D eigenvalue weighted by atomic mass is 10.2. The third-order valence-corrected chi connectivity index (χ3v) is 4.76. The molecule has 0 saturated heterocycles. The van der Waals surface area contributed by atoms with Gasteiger partial charge in [0, 0.05) is 11.6 Å². The second-order valence-corrected chi connectivity index (χ2v) is 6.47. The maximum Gasteiger partial charge on any atom is 0.139 e. The lowest BCUT2D eigenvalue weighted by Gasteiger charge is -2.02. The monoisotopic (exact) mass is 336 g/mol. The van der Waals surface area contributed by atoms with Gasteiger partial charge >= 0.3 is 0 Å². The number of benzene rings is 1. The fraction of sp³-hybridized carbons (Fsp3) is 0.0625. The van der Waals surface area contributed by atoms with Gasteiger partial charge < -0.3 is 9.97 Å². The number of H-pyrrole nitrogens is 2. The van der Waals surface area contributed by atoms with E-state index in [2.05, 4.69) is 24.7 Å². The van der Waals surface area contributed by atoms with Gasteiger partial charge in [0.15, 0.2) is 0 Å². The molecule has 0 aliphatic carbocycles. The minimum absolute atomic E-state index is 0.327. The molecule has 0 amide bonds. The molecule has 0 aliphatic rings. The lowest BCUT2D eigenvalue weighted by Crippen LogP contribution is -2.17. The fourth-order valence-electron chi connectivity index (χ4n) is 2.48. The molecule has 1 unspecified atom stereocenters. The van der Waals surface area contributed by atoms with E-state index in [-0.39, 0.29) is 0 Å². The highest BCUT2D eigenvalue weighted by molar-refractivity contribution is 7.83. The second kappa shape index (κ2) is 5.88. The Balaban J connectivity index is 1.53. The Morgan fingerprint density at radius 2 is 2.08 bits per heavy atom. The van der Waals surface area contributed by atoms with Crippen molar-refractivity contribution in [2.24, 2.45) is 0 Å². The van der Waals surface area contributed by atoms with Crippen LogP contribution in [0.3, 0.4) is 0 Å². The summed E-state index contributed by atoms with van der Waals surface area (Å²) in [6.45, 7) is 0.327. The number of fused-ring (bicyclic) bond motifs is 3. The summed E-state index contributed by atoms with van der Waals surface area (Å²) in [6.07, 6.45) is 3.55. The van der Waals surface area contributed by atoms with Gasteiger partial charge in [0.2, 0.25) is 0 Å². The van der Waals surface area contributed by atoms with E-state index in [0.717, 1.165) is 22.1 Å². The molecular weight excluding hydrogens is 324 g/mol. The minimum atomic E-state index is -1.38. The smallest absolute Gasteiger partial charge is 0.139 e. The number of nitriles is 1. The summed E-state index contributed by atoms with van der Waals surface area (Å²) in [5, 5.41) is 9.73. The Labute approximate surface area is 139 Å². The summed E-state index contributed by atoms with van der Waals surface area (Å²) in [7, 11) is -1.38. The first-order valence-electron chi connectivity index (χ1n) is 7.21. The highest BCUT2D eigenvalue weighted by atomic mass is 32.2.